The Bertz CT molecular complexity index is 1400. The highest BCUT2D eigenvalue weighted by atomic mass is 16.2. The summed E-state index contributed by atoms with van der Waals surface area (Å²) in [7, 11) is 0. The van der Waals surface area contributed by atoms with Crippen LogP contribution in [0.2, 0.25) is 0 Å². The minimum atomic E-state index is -0.460. The van der Waals surface area contributed by atoms with E-state index in [2.05, 4.69) is 20.8 Å². The lowest BCUT2D eigenvalue weighted by Gasteiger charge is -2.26. The smallest absolute Gasteiger partial charge is 0.271 e. The van der Waals surface area contributed by atoms with Crippen LogP contribution in [0.5, 0.6) is 0 Å². The number of pyridine rings is 1. The van der Waals surface area contributed by atoms with Gasteiger partial charge in [0.1, 0.15) is 0 Å². The summed E-state index contributed by atoms with van der Waals surface area (Å²) in [6.07, 6.45) is 3.01. The summed E-state index contributed by atoms with van der Waals surface area (Å²) in [6.45, 7) is 2.20. The quantitative estimate of drug-likeness (QED) is 0.403. The largest absolute Gasteiger partial charge is 0.358 e. The molecule has 1 aliphatic heterocycles. The van der Waals surface area contributed by atoms with E-state index in [0.717, 1.165) is 27.7 Å². The van der Waals surface area contributed by atoms with E-state index >= 15 is 0 Å². The van der Waals surface area contributed by atoms with E-state index in [9.17, 15) is 14.4 Å². The van der Waals surface area contributed by atoms with Gasteiger partial charge in [0, 0.05) is 53.1 Å². The molecule has 0 unspecified atom stereocenters. The van der Waals surface area contributed by atoms with Gasteiger partial charge in [-0.1, -0.05) is 36.4 Å². The number of hydrazine groups is 1. The number of amides is 3. The molecular formula is C26H23N5O3. The van der Waals surface area contributed by atoms with Crippen LogP contribution in [0.3, 0.4) is 0 Å². The van der Waals surface area contributed by atoms with Crippen molar-refractivity contribution in [1.29, 1.82) is 0 Å². The molecule has 1 aliphatic rings. The van der Waals surface area contributed by atoms with Crippen molar-refractivity contribution in [1.82, 2.24) is 25.7 Å². The molecule has 0 spiro atoms. The van der Waals surface area contributed by atoms with Gasteiger partial charge in [0.25, 0.3) is 11.8 Å². The molecule has 170 valence electrons. The first-order valence-electron chi connectivity index (χ1n) is 11.0. The molecule has 0 fully saturated rings. The molecule has 3 amide bonds. The molecule has 34 heavy (non-hydrogen) atoms. The molecule has 0 saturated heterocycles. The van der Waals surface area contributed by atoms with Gasteiger partial charge >= 0.3 is 0 Å². The summed E-state index contributed by atoms with van der Waals surface area (Å²) in [5.41, 5.74) is 9.72. The summed E-state index contributed by atoms with van der Waals surface area (Å²) in [5, 5.41) is 1.05. The second-order valence-electron chi connectivity index (χ2n) is 8.19. The van der Waals surface area contributed by atoms with Crippen LogP contribution in [0.4, 0.5) is 0 Å². The maximum atomic E-state index is 13.3. The number of nitrogens with one attached hydrogen (secondary N) is 3. The summed E-state index contributed by atoms with van der Waals surface area (Å²) >= 11 is 0. The number of aryl methyl sites for hydroxylation is 1. The van der Waals surface area contributed by atoms with Crippen molar-refractivity contribution < 1.29 is 14.4 Å². The van der Waals surface area contributed by atoms with Crippen LogP contribution in [-0.2, 0) is 4.79 Å². The number of hydrogen-bond donors (Lipinski definition) is 3. The Balaban J connectivity index is 1.36. The third-order valence-electron chi connectivity index (χ3n) is 6.09. The molecule has 0 aliphatic carbocycles. The van der Waals surface area contributed by atoms with Gasteiger partial charge < -0.3 is 9.88 Å². The zero-order chi connectivity index (χ0) is 23.7. The summed E-state index contributed by atoms with van der Waals surface area (Å²) in [4.78, 5) is 47.0. The average Bonchev–Trinajstić information content (AvgIpc) is 3.34. The number of aromatic nitrogens is 2. The third kappa shape index (κ3) is 3.79. The van der Waals surface area contributed by atoms with Crippen LogP contribution in [-0.4, -0.2) is 39.1 Å². The normalized spacial score (nSPS) is 14.8. The van der Waals surface area contributed by atoms with E-state index in [0.29, 0.717) is 11.1 Å². The maximum Gasteiger partial charge on any atom is 0.271 e. The Morgan fingerprint density at radius 3 is 2.65 bits per heavy atom. The second-order valence-corrected chi connectivity index (χ2v) is 8.19. The van der Waals surface area contributed by atoms with Crippen molar-refractivity contribution in [3.63, 3.8) is 0 Å². The van der Waals surface area contributed by atoms with Crippen molar-refractivity contribution in [2.45, 2.75) is 19.4 Å². The van der Waals surface area contributed by atoms with Gasteiger partial charge in [-0.25, -0.2) is 0 Å². The number of benzene rings is 2. The first-order chi connectivity index (χ1) is 16.5. The van der Waals surface area contributed by atoms with Crippen molar-refractivity contribution in [2.75, 3.05) is 6.54 Å². The number of nitrogens with zero attached hydrogens (tertiary/aromatic N) is 2. The van der Waals surface area contributed by atoms with Gasteiger partial charge in [-0.2, -0.15) is 0 Å². The number of carbonyl (C=O) groups excluding carboxylic acids is 3. The van der Waals surface area contributed by atoms with E-state index in [4.69, 9.17) is 0 Å². The van der Waals surface area contributed by atoms with Crippen LogP contribution in [0.1, 0.15) is 50.0 Å². The summed E-state index contributed by atoms with van der Waals surface area (Å²) < 4.78 is 0. The highest BCUT2D eigenvalue weighted by molar-refractivity contribution is 6.01. The van der Waals surface area contributed by atoms with Gasteiger partial charge in [0.2, 0.25) is 5.91 Å². The van der Waals surface area contributed by atoms with E-state index in [1.165, 1.54) is 6.20 Å². The molecule has 3 heterocycles. The fraction of sp³-hybridized carbons (Fsp3) is 0.154. The first-order valence-corrected chi connectivity index (χ1v) is 11.0. The van der Waals surface area contributed by atoms with Crippen LogP contribution >= 0.6 is 0 Å². The SMILES string of the molecule is Cc1[nH]c2ccccc2c1[C@@H]1c2ccccc2C(=O)N1CCC(=O)NNC(=O)c1cccnc1. The molecule has 2 aromatic heterocycles. The van der Waals surface area contributed by atoms with Crippen LogP contribution in [0, 0.1) is 6.92 Å². The highest BCUT2D eigenvalue weighted by Crippen LogP contribution is 2.42. The Hall–Kier alpha value is -4.46. The lowest BCUT2D eigenvalue weighted by Crippen LogP contribution is -2.43. The lowest BCUT2D eigenvalue weighted by molar-refractivity contribution is -0.122. The molecule has 1 atom stereocenters. The van der Waals surface area contributed by atoms with Crippen LogP contribution in [0.15, 0.2) is 73.1 Å². The minimum Gasteiger partial charge on any atom is -0.358 e. The molecule has 3 N–H and O–H groups in total. The molecule has 5 rings (SSSR count). The predicted octanol–water partition coefficient (Wildman–Crippen LogP) is 3.27. The van der Waals surface area contributed by atoms with Crippen LogP contribution < -0.4 is 10.9 Å². The minimum absolute atomic E-state index is 0.0327. The van der Waals surface area contributed by atoms with Gasteiger partial charge in [-0.3, -0.25) is 30.2 Å². The Labute approximate surface area is 196 Å². The number of H-pyrrole nitrogens is 1. The number of fused-ring (bicyclic) bond motifs is 2. The monoisotopic (exact) mass is 453 g/mol. The average molecular weight is 454 g/mol. The molecule has 4 aromatic rings. The van der Waals surface area contributed by atoms with Crippen molar-refractivity contribution in [3.8, 4) is 0 Å². The number of carbonyl (C=O) groups is 3. The van der Waals surface area contributed by atoms with Crippen LogP contribution in [0.25, 0.3) is 10.9 Å². The zero-order valence-corrected chi connectivity index (χ0v) is 18.5. The number of para-hydroxylation sites is 1. The topological polar surface area (TPSA) is 107 Å². The Kier molecular flexibility index (Phi) is 5.55. The Morgan fingerprint density at radius 1 is 1.03 bits per heavy atom. The molecular weight excluding hydrogens is 430 g/mol. The van der Waals surface area contributed by atoms with Gasteiger partial charge in [0.05, 0.1) is 11.6 Å². The molecule has 2 aromatic carbocycles. The standard InChI is InChI=1S/C26H23N5O3/c1-16-23(20-10-4-5-11-21(20)28-16)24-18-8-2-3-9-19(18)26(34)31(24)14-12-22(32)29-30-25(33)17-7-6-13-27-15-17/h2-11,13,15,24,28H,12,14H2,1H3,(H,29,32)(H,30,33)/t24-/m0/s1. The lowest BCUT2D eigenvalue weighted by atomic mass is 9.95. The molecule has 8 heteroatoms. The summed E-state index contributed by atoms with van der Waals surface area (Å²) in [6, 6.07) is 18.5. The Morgan fingerprint density at radius 2 is 1.82 bits per heavy atom. The fourth-order valence-electron chi connectivity index (χ4n) is 4.54. The van der Waals surface area contributed by atoms with E-state index in [-0.39, 0.29) is 24.9 Å². The van der Waals surface area contributed by atoms with Crippen molar-refractivity contribution in [2.24, 2.45) is 0 Å². The number of rotatable bonds is 5. The second kappa shape index (κ2) is 8.82. The maximum absolute atomic E-state index is 13.3. The molecule has 0 bridgehead atoms. The van der Waals surface area contributed by atoms with Gasteiger partial charge in [-0.15, -0.1) is 0 Å². The van der Waals surface area contributed by atoms with E-state index < -0.39 is 11.8 Å². The predicted molar refractivity (Wildman–Crippen MR) is 127 cm³/mol. The van der Waals surface area contributed by atoms with Gasteiger partial charge in [-0.05, 0) is 36.8 Å². The van der Waals surface area contributed by atoms with E-state index in [1.807, 2.05) is 55.5 Å². The molecule has 0 saturated carbocycles. The zero-order valence-electron chi connectivity index (χ0n) is 18.5. The fourth-order valence-corrected chi connectivity index (χ4v) is 4.54. The van der Waals surface area contributed by atoms with Gasteiger partial charge in [0.15, 0.2) is 0 Å². The first kappa shape index (κ1) is 21.4. The number of aromatic amines is 1. The van der Waals surface area contributed by atoms with Crippen molar-refractivity contribution >= 4 is 28.6 Å². The van der Waals surface area contributed by atoms with Crippen molar-refractivity contribution in [3.05, 3.63) is 101 Å². The highest BCUT2D eigenvalue weighted by Gasteiger charge is 2.39. The molecule has 0 radical (unpaired) electrons. The third-order valence-corrected chi connectivity index (χ3v) is 6.09. The molecule has 8 nitrogen and oxygen atoms in total. The van der Waals surface area contributed by atoms with E-state index in [1.54, 1.807) is 23.2 Å². The summed E-state index contributed by atoms with van der Waals surface area (Å²) in [5.74, 6) is -0.966. The number of hydrogen-bond acceptors (Lipinski definition) is 4.